The van der Waals surface area contributed by atoms with Crippen molar-refractivity contribution < 1.29 is 9.22 Å². The molecular formula is C28H46N4O2Si. The molecule has 0 radical (unpaired) electrons. The van der Waals surface area contributed by atoms with Crippen molar-refractivity contribution in [1.29, 1.82) is 0 Å². The fourth-order valence-electron chi connectivity index (χ4n) is 5.58. The number of anilines is 1. The van der Waals surface area contributed by atoms with Crippen molar-refractivity contribution in [3.05, 3.63) is 18.0 Å². The van der Waals surface area contributed by atoms with Gasteiger partial charge >= 0.3 is 0 Å². The summed E-state index contributed by atoms with van der Waals surface area (Å²) >= 11 is 0. The van der Waals surface area contributed by atoms with Crippen LogP contribution in [-0.4, -0.2) is 41.8 Å². The first-order valence-corrected chi connectivity index (χ1v) is 16.8. The third-order valence-corrected chi connectivity index (χ3v) is 13.4. The predicted molar refractivity (Wildman–Crippen MR) is 147 cm³/mol. The molecule has 2 aromatic heterocycles. The molecule has 7 heteroatoms. The topological polar surface area (TPSA) is 69.0 Å². The van der Waals surface area contributed by atoms with Crippen molar-refractivity contribution in [3.8, 4) is 0 Å². The van der Waals surface area contributed by atoms with Gasteiger partial charge in [0, 0.05) is 42.4 Å². The second-order valence-electron chi connectivity index (χ2n) is 12.4. The lowest BCUT2D eigenvalue weighted by Gasteiger charge is -2.41. The Hall–Kier alpha value is -1.73. The quantitative estimate of drug-likeness (QED) is 0.307. The summed E-state index contributed by atoms with van der Waals surface area (Å²) in [5.74, 6) is 1.45. The minimum Gasteiger partial charge on any atom is -0.414 e. The average molecular weight is 499 g/mol. The highest BCUT2D eigenvalue weighted by Gasteiger charge is 2.40. The molecule has 0 unspecified atom stereocenters. The molecule has 2 aliphatic carbocycles. The molecule has 0 bridgehead atoms. The van der Waals surface area contributed by atoms with Gasteiger partial charge in [0.1, 0.15) is 11.9 Å². The first-order chi connectivity index (χ1) is 16.6. The highest BCUT2D eigenvalue weighted by Crippen LogP contribution is 2.43. The maximum absolute atomic E-state index is 11.3. The molecule has 4 rings (SSSR count). The van der Waals surface area contributed by atoms with Crippen molar-refractivity contribution >= 4 is 31.6 Å². The van der Waals surface area contributed by atoms with Crippen LogP contribution >= 0.6 is 0 Å². The van der Waals surface area contributed by atoms with Gasteiger partial charge in [-0.25, -0.2) is 4.98 Å². The molecule has 0 amide bonds. The van der Waals surface area contributed by atoms with Gasteiger partial charge in [0.15, 0.2) is 8.32 Å². The van der Waals surface area contributed by atoms with Crippen molar-refractivity contribution in [1.82, 2.24) is 14.5 Å². The van der Waals surface area contributed by atoms with Gasteiger partial charge in [-0.05, 0) is 87.4 Å². The van der Waals surface area contributed by atoms with Crippen molar-refractivity contribution in [2.24, 2.45) is 5.92 Å². The summed E-state index contributed by atoms with van der Waals surface area (Å²) in [4.78, 5) is 20.9. The Morgan fingerprint density at radius 3 is 2.40 bits per heavy atom. The standard InChI is InChI=1S/C28H46N4O2Si/c1-7-16-29-27-30-17-24-25(21-10-8-20(19-33)9-11-21)18-32(26(24)31-27)22-12-14-23(15-13-22)34-35(5,6)28(2,3)4/h17-23H,7-16H2,1-6H3,(H,29,30,31). The third-order valence-electron chi connectivity index (χ3n) is 8.84. The van der Waals surface area contributed by atoms with Crippen LogP contribution in [0.5, 0.6) is 0 Å². The van der Waals surface area contributed by atoms with Gasteiger partial charge in [0.2, 0.25) is 5.95 Å². The molecule has 6 nitrogen and oxygen atoms in total. The molecule has 0 spiro atoms. The lowest BCUT2D eigenvalue weighted by atomic mass is 9.79. The van der Waals surface area contributed by atoms with Crippen LogP contribution in [0.2, 0.25) is 18.1 Å². The number of nitrogens with one attached hydrogen (secondary N) is 1. The third kappa shape index (κ3) is 5.82. The number of rotatable bonds is 8. The minimum absolute atomic E-state index is 0.233. The molecule has 2 aliphatic rings. The summed E-state index contributed by atoms with van der Waals surface area (Å²) in [7, 11) is -1.75. The van der Waals surface area contributed by atoms with Gasteiger partial charge in [-0.2, -0.15) is 4.98 Å². The van der Waals surface area contributed by atoms with Crippen LogP contribution in [0.4, 0.5) is 5.95 Å². The van der Waals surface area contributed by atoms with Gasteiger partial charge in [-0.1, -0.05) is 27.7 Å². The Kier molecular flexibility index (Phi) is 8.06. The monoisotopic (exact) mass is 498 g/mol. The molecule has 35 heavy (non-hydrogen) atoms. The Balaban J connectivity index is 1.56. The van der Waals surface area contributed by atoms with E-state index in [1.165, 1.54) is 10.9 Å². The SMILES string of the molecule is CCCNc1ncc2c(C3CCC(C=O)CC3)cn(C3CCC(O[Si](C)(C)C(C)(C)C)CC3)c2n1. The Morgan fingerprint density at radius 1 is 1.11 bits per heavy atom. The number of fused-ring (bicyclic) bond motifs is 1. The normalized spacial score (nSPS) is 26.1. The van der Waals surface area contributed by atoms with Crippen molar-refractivity contribution in [2.75, 3.05) is 11.9 Å². The van der Waals surface area contributed by atoms with Crippen LogP contribution < -0.4 is 5.32 Å². The van der Waals surface area contributed by atoms with Gasteiger partial charge in [-0.15, -0.1) is 0 Å². The van der Waals surface area contributed by atoms with Crippen molar-refractivity contribution in [2.45, 2.75) is 122 Å². The van der Waals surface area contributed by atoms with E-state index < -0.39 is 8.32 Å². The molecule has 2 aromatic rings. The van der Waals surface area contributed by atoms with Crippen molar-refractivity contribution in [3.63, 3.8) is 0 Å². The van der Waals surface area contributed by atoms with E-state index in [9.17, 15) is 4.79 Å². The van der Waals surface area contributed by atoms with E-state index in [2.05, 4.69) is 61.9 Å². The molecule has 2 heterocycles. The maximum atomic E-state index is 11.3. The van der Waals surface area contributed by atoms with Crippen LogP contribution in [0.3, 0.4) is 0 Å². The number of carbonyl (C=O) groups excluding carboxylic acids is 1. The molecule has 0 saturated heterocycles. The lowest BCUT2D eigenvalue weighted by Crippen LogP contribution is -2.44. The second-order valence-corrected chi connectivity index (χ2v) is 17.2. The summed E-state index contributed by atoms with van der Waals surface area (Å²) in [5.41, 5.74) is 2.45. The molecule has 0 aromatic carbocycles. The van der Waals surface area contributed by atoms with E-state index >= 15 is 0 Å². The summed E-state index contributed by atoms with van der Waals surface area (Å²) in [6, 6.07) is 0.450. The first kappa shape index (κ1) is 26.3. The first-order valence-electron chi connectivity index (χ1n) is 13.9. The second kappa shape index (κ2) is 10.7. The predicted octanol–water partition coefficient (Wildman–Crippen LogP) is 7.23. The molecule has 1 N–H and O–H groups in total. The van der Waals surface area contributed by atoms with Crippen LogP contribution in [0, 0.1) is 5.92 Å². The number of aldehydes is 1. The lowest BCUT2D eigenvalue weighted by molar-refractivity contribution is -0.111. The van der Waals surface area contributed by atoms with E-state index in [1.54, 1.807) is 0 Å². The van der Waals surface area contributed by atoms with E-state index in [1.807, 2.05) is 6.20 Å². The van der Waals surface area contributed by atoms with Crippen LogP contribution in [0.25, 0.3) is 11.0 Å². The summed E-state index contributed by atoms with van der Waals surface area (Å²) in [5, 5.41) is 4.82. The number of hydrogen-bond acceptors (Lipinski definition) is 5. The number of hydrogen-bond donors (Lipinski definition) is 1. The largest absolute Gasteiger partial charge is 0.414 e. The highest BCUT2D eigenvalue weighted by atomic mass is 28.4. The van der Waals surface area contributed by atoms with Gasteiger partial charge in [-0.3, -0.25) is 0 Å². The number of carbonyl (C=O) groups is 1. The van der Waals surface area contributed by atoms with Crippen LogP contribution in [0.15, 0.2) is 12.4 Å². The fraction of sp³-hybridized carbons (Fsp3) is 0.750. The summed E-state index contributed by atoms with van der Waals surface area (Å²) in [6.45, 7) is 14.7. The van der Waals surface area contributed by atoms with E-state index in [0.717, 1.165) is 82.2 Å². The average Bonchev–Trinajstić information content (AvgIpc) is 3.21. The summed E-state index contributed by atoms with van der Waals surface area (Å²) in [6.07, 6.45) is 15.6. The fourth-order valence-corrected chi connectivity index (χ4v) is 7.00. The minimum atomic E-state index is -1.75. The van der Waals surface area contributed by atoms with E-state index in [-0.39, 0.29) is 11.0 Å². The zero-order valence-corrected chi connectivity index (χ0v) is 23.8. The molecule has 2 fully saturated rings. The smallest absolute Gasteiger partial charge is 0.224 e. The Bertz CT molecular complexity index is 996. The molecule has 0 aliphatic heterocycles. The van der Waals surface area contributed by atoms with Crippen LogP contribution in [0.1, 0.15) is 103 Å². The van der Waals surface area contributed by atoms with Gasteiger partial charge < -0.3 is 19.1 Å². The van der Waals surface area contributed by atoms with E-state index in [4.69, 9.17) is 9.41 Å². The molecule has 0 atom stereocenters. The Labute approximate surface area is 212 Å². The number of aromatic nitrogens is 3. The number of nitrogens with zero attached hydrogens (tertiary/aromatic N) is 3. The highest BCUT2D eigenvalue weighted by molar-refractivity contribution is 6.74. The maximum Gasteiger partial charge on any atom is 0.224 e. The van der Waals surface area contributed by atoms with Gasteiger partial charge in [0.05, 0.1) is 0 Å². The zero-order chi connectivity index (χ0) is 25.2. The summed E-state index contributed by atoms with van der Waals surface area (Å²) < 4.78 is 9.22. The molecular weight excluding hydrogens is 452 g/mol. The molecule has 194 valence electrons. The molecule has 2 saturated carbocycles. The van der Waals surface area contributed by atoms with Crippen LogP contribution in [-0.2, 0) is 9.22 Å². The zero-order valence-electron chi connectivity index (χ0n) is 22.8. The Morgan fingerprint density at radius 2 is 1.80 bits per heavy atom. The van der Waals surface area contributed by atoms with E-state index in [0.29, 0.717) is 18.1 Å². The van der Waals surface area contributed by atoms with Gasteiger partial charge in [0.25, 0.3) is 0 Å².